The molecule has 10 heteroatoms. The molecule has 0 saturated carbocycles. The maximum atomic E-state index is 13.6. The Hall–Kier alpha value is -1.75. The molecule has 1 fully saturated rings. The average Bonchev–Trinajstić information content (AvgIpc) is 3.22. The number of carbonyl (C=O) groups is 2. The lowest BCUT2D eigenvalue weighted by atomic mass is 9.98. The lowest BCUT2D eigenvalue weighted by molar-refractivity contribution is -0.121. The number of halogens is 2. The second kappa shape index (κ2) is 10.1. The van der Waals surface area contributed by atoms with E-state index in [9.17, 15) is 18.0 Å². The first-order valence-electron chi connectivity index (χ1n) is 11.3. The Kier molecular flexibility index (Phi) is 7.52. The second-order valence-electron chi connectivity index (χ2n) is 8.71. The van der Waals surface area contributed by atoms with Gasteiger partial charge in [-0.15, -0.1) is 0 Å². The van der Waals surface area contributed by atoms with E-state index in [1.807, 2.05) is 25.1 Å². The monoisotopic (exact) mass is 611 g/mol. The van der Waals surface area contributed by atoms with E-state index in [0.29, 0.717) is 48.9 Å². The van der Waals surface area contributed by atoms with Crippen molar-refractivity contribution >= 4 is 65.1 Å². The first-order valence-corrected chi connectivity index (χ1v) is 14.3. The normalized spacial score (nSPS) is 18.6. The van der Waals surface area contributed by atoms with Crippen molar-refractivity contribution in [1.82, 2.24) is 4.31 Å². The number of fused-ring (bicyclic) bond motifs is 1. The van der Waals surface area contributed by atoms with Crippen molar-refractivity contribution in [3.05, 3.63) is 50.4 Å². The average molecular weight is 613 g/mol. The summed E-state index contributed by atoms with van der Waals surface area (Å²) in [6.07, 6.45) is 2.27. The standard InChI is InChI=1S/C24H27Br2N3O4S/c1-3-23(30)29-10-8-16-12-19(26)22(13-21(16)29)34(32,33)28-9-4-5-17(14-28)24(31)27-20-7-6-18(25)11-15(20)2/h6-7,11-13,17H,3-5,8-10,14H2,1-2H3,(H,27,31)/t17-/m0/s1. The number of hydrogen-bond donors (Lipinski definition) is 1. The van der Waals surface area contributed by atoms with Crippen molar-refractivity contribution in [2.45, 2.75) is 44.4 Å². The molecule has 2 amide bonds. The van der Waals surface area contributed by atoms with Gasteiger partial charge in [-0.05, 0) is 83.6 Å². The van der Waals surface area contributed by atoms with Gasteiger partial charge < -0.3 is 10.2 Å². The van der Waals surface area contributed by atoms with Gasteiger partial charge >= 0.3 is 0 Å². The number of aryl methyl sites for hydroxylation is 1. The summed E-state index contributed by atoms with van der Waals surface area (Å²) < 4.78 is 30.1. The molecular weight excluding hydrogens is 586 g/mol. The third-order valence-corrected chi connectivity index (χ3v) is 9.77. The summed E-state index contributed by atoms with van der Waals surface area (Å²) in [4.78, 5) is 27.1. The van der Waals surface area contributed by atoms with Gasteiger partial charge in [-0.2, -0.15) is 4.31 Å². The van der Waals surface area contributed by atoms with E-state index in [0.717, 1.165) is 21.3 Å². The van der Waals surface area contributed by atoms with Gasteiger partial charge in [0.25, 0.3) is 0 Å². The number of nitrogens with one attached hydrogen (secondary N) is 1. The van der Waals surface area contributed by atoms with Gasteiger partial charge in [0.05, 0.1) is 10.8 Å². The Morgan fingerprint density at radius 3 is 2.62 bits per heavy atom. The lowest BCUT2D eigenvalue weighted by Crippen LogP contribution is -2.43. The van der Waals surface area contributed by atoms with E-state index >= 15 is 0 Å². The van der Waals surface area contributed by atoms with Crippen LogP contribution < -0.4 is 10.2 Å². The number of sulfonamides is 1. The molecular formula is C24H27Br2N3O4S. The van der Waals surface area contributed by atoms with Crippen molar-refractivity contribution in [2.24, 2.45) is 5.92 Å². The van der Waals surface area contributed by atoms with Crippen LogP contribution in [0.2, 0.25) is 0 Å². The summed E-state index contributed by atoms with van der Waals surface area (Å²) in [6, 6.07) is 9.02. The highest BCUT2D eigenvalue weighted by molar-refractivity contribution is 9.10. The minimum Gasteiger partial charge on any atom is -0.326 e. The zero-order valence-electron chi connectivity index (χ0n) is 19.1. The fourth-order valence-corrected chi connectivity index (χ4v) is 7.62. The van der Waals surface area contributed by atoms with Crippen molar-refractivity contribution in [2.75, 3.05) is 29.9 Å². The number of amides is 2. The van der Waals surface area contributed by atoms with Gasteiger partial charge in [0.1, 0.15) is 0 Å². The van der Waals surface area contributed by atoms with Crippen molar-refractivity contribution < 1.29 is 18.0 Å². The zero-order valence-corrected chi connectivity index (χ0v) is 23.1. The minimum atomic E-state index is -3.86. The molecule has 4 rings (SSSR count). The zero-order chi connectivity index (χ0) is 24.6. The number of hydrogen-bond acceptors (Lipinski definition) is 4. The number of piperidine rings is 1. The van der Waals surface area contributed by atoms with Crippen LogP contribution in [0.1, 0.15) is 37.3 Å². The molecule has 2 aromatic carbocycles. The Bertz CT molecular complexity index is 1250. The molecule has 0 radical (unpaired) electrons. The molecule has 182 valence electrons. The van der Waals surface area contributed by atoms with Crippen molar-refractivity contribution in [1.29, 1.82) is 0 Å². The molecule has 0 unspecified atom stereocenters. The van der Waals surface area contributed by atoms with Crippen LogP contribution in [0.4, 0.5) is 11.4 Å². The van der Waals surface area contributed by atoms with Gasteiger partial charge in [0.15, 0.2) is 0 Å². The number of nitrogens with zero attached hydrogens (tertiary/aromatic N) is 2. The van der Waals surface area contributed by atoms with E-state index in [2.05, 4.69) is 37.2 Å². The molecule has 0 aliphatic carbocycles. The third kappa shape index (κ3) is 4.96. The third-order valence-electron chi connectivity index (χ3n) is 6.45. The topological polar surface area (TPSA) is 86.8 Å². The SMILES string of the molecule is CCC(=O)N1CCc2cc(Br)c(S(=O)(=O)N3CCC[C@H](C(=O)Nc4ccc(Br)cc4C)C3)cc21. The van der Waals surface area contributed by atoms with E-state index in [1.54, 1.807) is 24.0 Å². The van der Waals surface area contributed by atoms with Crippen LogP contribution in [0.15, 0.2) is 44.2 Å². The summed E-state index contributed by atoms with van der Waals surface area (Å²) in [5.74, 6) is -0.654. The Balaban J connectivity index is 1.56. The highest BCUT2D eigenvalue weighted by Crippen LogP contribution is 2.37. The second-order valence-corrected chi connectivity index (χ2v) is 12.4. The number of carbonyl (C=O) groups excluding carboxylic acids is 2. The largest absolute Gasteiger partial charge is 0.326 e. The predicted octanol–water partition coefficient (Wildman–Crippen LogP) is 4.86. The molecule has 2 heterocycles. The minimum absolute atomic E-state index is 0.0256. The summed E-state index contributed by atoms with van der Waals surface area (Å²) in [5, 5.41) is 2.95. The first kappa shape index (κ1) is 25.3. The van der Waals surface area contributed by atoms with Gasteiger partial charge in [-0.1, -0.05) is 22.9 Å². The van der Waals surface area contributed by atoms with Crippen molar-refractivity contribution in [3.8, 4) is 0 Å². The van der Waals surface area contributed by atoms with Crippen LogP contribution in [-0.4, -0.2) is 44.2 Å². The van der Waals surface area contributed by atoms with Gasteiger partial charge in [-0.3, -0.25) is 9.59 Å². The maximum absolute atomic E-state index is 13.6. The van der Waals surface area contributed by atoms with Gasteiger partial charge in [-0.25, -0.2) is 8.42 Å². The molecule has 7 nitrogen and oxygen atoms in total. The van der Waals surface area contributed by atoms with E-state index in [4.69, 9.17) is 0 Å². The number of rotatable bonds is 5. The number of benzene rings is 2. The molecule has 1 N–H and O–H groups in total. The van der Waals surface area contributed by atoms with Crippen LogP contribution in [0, 0.1) is 12.8 Å². The van der Waals surface area contributed by atoms with Crippen molar-refractivity contribution in [3.63, 3.8) is 0 Å². The fourth-order valence-electron chi connectivity index (χ4n) is 4.55. The highest BCUT2D eigenvalue weighted by atomic mass is 79.9. The first-order chi connectivity index (χ1) is 16.1. The Morgan fingerprint density at radius 1 is 1.15 bits per heavy atom. The molecule has 1 atom stereocenters. The summed E-state index contributed by atoms with van der Waals surface area (Å²) in [5.41, 5.74) is 3.26. The molecule has 1 saturated heterocycles. The molecule has 0 bridgehead atoms. The molecule has 0 spiro atoms. The quantitative estimate of drug-likeness (QED) is 0.523. The smallest absolute Gasteiger partial charge is 0.244 e. The Labute approximate surface area is 217 Å². The Morgan fingerprint density at radius 2 is 1.91 bits per heavy atom. The summed E-state index contributed by atoms with van der Waals surface area (Å²) >= 11 is 6.86. The van der Waals surface area contributed by atoms with Gasteiger partial charge in [0.2, 0.25) is 21.8 Å². The molecule has 2 aliphatic rings. The van der Waals surface area contributed by atoms with Crippen LogP contribution in [0.5, 0.6) is 0 Å². The molecule has 0 aromatic heterocycles. The lowest BCUT2D eigenvalue weighted by Gasteiger charge is -2.32. The van der Waals surface area contributed by atoms with E-state index < -0.39 is 15.9 Å². The van der Waals surface area contributed by atoms with E-state index in [1.165, 1.54) is 4.31 Å². The fraction of sp³-hybridized carbons (Fsp3) is 0.417. The molecule has 34 heavy (non-hydrogen) atoms. The predicted molar refractivity (Wildman–Crippen MR) is 139 cm³/mol. The summed E-state index contributed by atoms with van der Waals surface area (Å²) in [7, 11) is -3.86. The van der Waals surface area contributed by atoms with Crippen LogP contribution in [-0.2, 0) is 26.0 Å². The van der Waals surface area contributed by atoms with Crippen LogP contribution in [0.25, 0.3) is 0 Å². The highest BCUT2D eigenvalue weighted by Gasteiger charge is 2.36. The van der Waals surface area contributed by atoms with Crippen LogP contribution in [0.3, 0.4) is 0 Å². The summed E-state index contributed by atoms with van der Waals surface area (Å²) in [6.45, 7) is 4.73. The van der Waals surface area contributed by atoms with E-state index in [-0.39, 0.29) is 23.3 Å². The molecule has 2 aliphatic heterocycles. The molecule has 2 aromatic rings. The van der Waals surface area contributed by atoms with Gasteiger partial charge in [0, 0.05) is 46.4 Å². The number of anilines is 2. The maximum Gasteiger partial charge on any atom is 0.244 e. The van der Waals surface area contributed by atoms with Crippen LogP contribution >= 0.6 is 31.9 Å².